The smallest absolute Gasteiger partial charge is 0.126 e. The number of benzene rings is 1. The minimum atomic E-state index is -0.178. The van der Waals surface area contributed by atoms with Gasteiger partial charge in [-0.2, -0.15) is 0 Å². The highest BCUT2D eigenvalue weighted by Crippen LogP contribution is 2.10. The normalized spacial score (nSPS) is 13.3. The van der Waals surface area contributed by atoms with Crippen LogP contribution >= 0.6 is 0 Å². The van der Waals surface area contributed by atoms with Crippen LogP contribution in [0.5, 0.6) is 0 Å². The third-order valence-corrected chi connectivity index (χ3v) is 3.56. The maximum Gasteiger partial charge on any atom is 0.126 e. The van der Waals surface area contributed by atoms with Gasteiger partial charge in [0.1, 0.15) is 5.82 Å². The largest absolute Gasteiger partial charge is 0.326 e. The molecule has 0 aromatic heterocycles. The quantitative estimate of drug-likeness (QED) is 0.450. The van der Waals surface area contributed by atoms with Gasteiger partial charge in [-0.1, -0.05) is 49.1 Å². The molecule has 1 aliphatic heterocycles. The Morgan fingerprint density at radius 3 is 2.33 bits per heavy atom. The minimum Gasteiger partial charge on any atom is -0.326 e. The van der Waals surface area contributed by atoms with E-state index in [9.17, 15) is 4.39 Å². The van der Waals surface area contributed by atoms with Crippen molar-refractivity contribution in [3.63, 3.8) is 0 Å². The van der Waals surface area contributed by atoms with E-state index in [0.29, 0.717) is 12.1 Å². The monoisotopic (exact) mass is 332 g/mol. The van der Waals surface area contributed by atoms with Gasteiger partial charge in [0.05, 0.1) is 0 Å². The van der Waals surface area contributed by atoms with E-state index in [1.54, 1.807) is 19.1 Å². The summed E-state index contributed by atoms with van der Waals surface area (Å²) >= 11 is 0. The first-order chi connectivity index (χ1) is 11.7. The zero-order chi connectivity index (χ0) is 18.0. The molecule has 1 heterocycles. The van der Waals surface area contributed by atoms with Crippen LogP contribution in [0, 0.1) is 12.7 Å². The predicted octanol–water partition coefficient (Wildman–Crippen LogP) is 5.05. The number of rotatable bonds is 5. The number of nitrogens with one attached hydrogen (secondary N) is 1. The van der Waals surface area contributed by atoms with Gasteiger partial charge in [-0.05, 0) is 69.8 Å². The summed E-state index contributed by atoms with van der Waals surface area (Å²) in [6.45, 7) is 10.3. The van der Waals surface area contributed by atoms with E-state index in [1.807, 2.05) is 19.1 Å². The first-order valence-corrected chi connectivity index (χ1v) is 8.70. The lowest BCUT2D eigenvalue weighted by molar-refractivity contribution is 0.615. The summed E-state index contributed by atoms with van der Waals surface area (Å²) in [5, 5.41) is 3.22. The molecule has 0 unspecified atom stereocenters. The Morgan fingerprint density at radius 2 is 1.88 bits per heavy atom. The first-order valence-electron chi connectivity index (χ1n) is 8.70. The van der Waals surface area contributed by atoms with Gasteiger partial charge < -0.3 is 11.1 Å². The van der Waals surface area contributed by atoms with Crippen LogP contribution < -0.4 is 11.1 Å². The molecule has 134 valence electrons. The molecule has 0 amide bonds. The Bertz CT molecular complexity index is 481. The maximum atomic E-state index is 12.7. The van der Waals surface area contributed by atoms with Crippen LogP contribution in [0.4, 0.5) is 4.39 Å². The standard InChI is InChI=1S/C9H14.C8H10FN.C4H9N/c1-3-5-7-9-8-6-4-2;1-6-7(5-10)3-2-4-8(6)9;1-2-4-5-3-1/h3-7H,1,8-9H2,2H3;2-4H,5,10H2,1H3;5H,1-4H2/b6-4-,7-5-;;. The molecule has 1 aromatic carbocycles. The van der Waals surface area contributed by atoms with Crippen molar-refractivity contribution in [3.05, 3.63) is 72.1 Å². The van der Waals surface area contributed by atoms with Crippen LogP contribution in [0.2, 0.25) is 0 Å². The Morgan fingerprint density at radius 1 is 1.21 bits per heavy atom. The number of unbranched alkanes of at least 4 members (excludes halogenated alkanes) is 1. The molecule has 0 radical (unpaired) electrons. The lowest BCUT2D eigenvalue weighted by atomic mass is 10.1. The van der Waals surface area contributed by atoms with Crippen molar-refractivity contribution in [3.8, 4) is 0 Å². The molecule has 1 saturated heterocycles. The lowest BCUT2D eigenvalue weighted by Gasteiger charge is -2.01. The van der Waals surface area contributed by atoms with Gasteiger partial charge in [-0.25, -0.2) is 4.39 Å². The second-order valence-corrected chi connectivity index (χ2v) is 5.50. The molecule has 24 heavy (non-hydrogen) atoms. The summed E-state index contributed by atoms with van der Waals surface area (Å²) in [5.74, 6) is -0.178. The van der Waals surface area contributed by atoms with Crippen molar-refractivity contribution < 1.29 is 4.39 Å². The van der Waals surface area contributed by atoms with Crippen molar-refractivity contribution in [2.45, 2.75) is 46.1 Å². The van der Waals surface area contributed by atoms with Gasteiger partial charge in [0.2, 0.25) is 0 Å². The second-order valence-electron chi connectivity index (χ2n) is 5.50. The number of halogens is 1. The number of allylic oxidation sites excluding steroid dienone is 5. The van der Waals surface area contributed by atoms with E-state index >= 15 is 0 Å². The molecule has 3 heteroatoms. The van der Waals surface area contributed by atoms with Crippen molar-refractivity contribution in [1.29, 1.82) is 0 Å². The lowest BCUT2D eigenvalue weighted by Crippen LogP contribution is -2.03. The number of nitrogens with two attached hydrogens (primary N) is 1. The van der Waals surface area contributed by atoms with Crippen LogP contribution in [-0.4, -0.2) is 13.1 Å². The van der Waals surface area contributed by atoms with Crippen LogP contribution in [0.1, 0.15) is 43.7 Å². The van der Waals surface area contributed by atoms with Crippen molar-refractivity contribution in [1.82, 2.24) is 5.32 Å². The molecule has 0 saturated carbocycles. The van der Waals surface area contributed by atoms with Crippen LogP contribution in [0.3, 0.4) is 0 Å². The second kappa shape index (κ2) is 16.2. The third-order valence-electron chi connectivity index (χ3n) is 3.56. The van der Waals surface area contributed by atoms with E-state index in [-0.39, 0.29) is 5.82 Å². The maximum absolute atomic E-state index is 12.7. The molecule has 2 nitrogen and oxygen atoms in total. The minimum absolute atomic E-state index is 0.178. The highest BCUT2D eigenvalue weighted by molar-refractivity contribution is 5.26. The molecule has 2 rings (SSSR count). The molecule has 0 atom stereocenters. The van der Waals surface area contributed by atoms with Gasteiger partial charge in [0.15, 0.2) is 0 Å². The molecule has 3 N–H and O–H groups in total. The first kappa shape index (κ1) is 22.3. The Hall–Kier alpha value is -1.71. The van der Waals surface area contributed by atoms with E-state index in [0.717, 1.165) is 18.4 Å². The molecular formula is C21H33FN2. The zero-order valence-electron chi connectivity index (χ0n) is 15.2. The number of hydrogen-bond donors (Lipinski definition) is 2. The summed E-state index contributed by atoms with van der Waals surface area (Å²) in [7, 11) is 0. The van der Waals surface area contributed by atoms with Crippen LogP contribution in [-0.2, 0) is 6.54 Å². The molecule has 0 spiro atoms. The fourth-order valence-corrected chi connectivity index (χ4v) is 2.05. The van der Waals surface area contributed by atoms with Crippen molar-refractivity contribution in [2.75, 3.05) is 13.1 Å². The summed E-state index contributed by atoms with van der Waals surface area (Å²) < 4.78 is 12.7. The summed E-state index contributed by atoms with van der Waals surface area (Å²) in [6.07, 6.45) is 15.2. The summed E-state index contributed by atoms with van der Waals surface area (Å²) in [4.78, 5) is 0. The highest BCUT2D eigenvalue weighted by Gasteiger charge is 1.99. The van der Waals surface area contributed by atoms with Gasteiger partial charge >= 0.3 is 0 Å². The van der Waals surface area contributed by atoms with E-state index < -0.39 is 0 Å². The van der Waals surface area contributed by atoms with Gasteiger partial charge in [-0.15, -0.1) is 0 Å². The fraction of sp³-hybridized carbons (Fsp3) is 0.429. The molecule has 1 aliphatic rings. The number of hydrogen-bond acceptors (Lipinski definition) is 2. The third kappa shape index (κ3) is 11.8. The highest BCUT2D eigenvalue weighted by atomic mass is 19.1. The SMILES string of the molecule is C1CCNC1.C=C/C=C\CC/C=C\C.Cc1c(F)cccc1CN. The van der Waals surface area contributed by atoms with Crippen molar-refractivity contribution >= 4 is 0 Å². The Balaban J connectivity index is 0.000000347. The van der Waals surface area contributed by atoms with E-state index in [1.165, 1.54) is 32.0 Å². The molecule has 1 fully saturated rings. The topological polar surface area (TPSA) is 38.0 Å². The molecule has 0 aliphatic carbocycles. The van der Waals surface area contributed by atoms with Crippen LogP contribution in [0.15, 0.2) is 55.2 Å². The predicted molar refractivity (Wildman–Crippen MR) is 105 cm³/mol. The average molecular weight is 333 g/mol. The van der Waals surface area contributed by atoms with Crippen molar-refractivity contribution in [2.24, 2.45) is 5.73 Å². The fourth-order valence-electron chi connectivity index (χ4n) is 2.05. The summed E-state index contributed by atoms with van der Waals surface area (Å²) in [5.41, 5.74) is 6.89. The van der Waals surface area contributed by atoms with E-state index in [2.05, 4.69) is 30.1 Å². The summed E-state index contributed by atoms with van der Waals surface area (Å²) in [6, 6.07) is 4.94. The molecule has 1 aromatic rings. The van der Waals surface area contributed by atoms with E-state index in [4.69, 9.17) is 5.73 Å². The van der Waals surface area contributed by atoms with Gasteiger partial charge in [-0.3, -0.25) is 0 Å². The van der Waals surface area contributed by atoms with Crippen LogP contribution in [0.25, 0.3) is 0 Å². The average Bonchev–Trinajstić information content (AvgIpc) is 3.18. The Labute approximate surface area is 147 Å². The van der Waals surface area contributed by atoms with Gasteiger partial charge in [0.25, 0.3) is 0 Å². The molecule has 0 bridgehead atoms. The molecular weight excluding hydrogens is 299 g/mol. The zero-order valence-corrected chi connectivity index (χ0v) is 15.2. The van der Waals surface area contributed by atoms with Gasteiger partial charge in [0, 0.05) is 6.54 Å². The Kier molecular flexibility index (Phi) is 15.0.